The molecule has 2 rings (SSSR count). The zero-order valence-corrected chi connectivity index (χ0v) is 15.7. The predicted octanol–water partition coefficient (Wildman–Crippen LogP) is -0.348. The summed E-state index contributed by atoms with van der Waals surface area (Å²) in [5, 5.41) is 10.8. The van der Waals surface area contributed by atoms with Crippen molar-refractivity contribution in [2.75, 3.05) is 19.5 Å². The van der Waals surface area contributed by atoms with E-state index in [1.165, 1.54) is 31.9 Å². The summed E-state index contributed by atoms with van der Waals surface area (Å²) < 4.78 is 6.41. The number of esters is 1. The van der Waals surface area contributed by atoms with E-state index < -0.39 is 22.8 Å². The number of carbonyl (C=O) groups is 1. The Morgan fingerprint density at radius 3 is 2.69 bits per heavy atom. The Kier molecular flexibility index (Phi) is 6.71. The van der Waals surface area contributed by atoms with Gasteiger partial charge in [0.2, 0.25) is 11.6 Å². The molecule has 0 aromatic carbocycles. The molecule has 0 amide bonds. The molecule has 2 aromatic heterocycles. The van der Waals surface area contributed by atoms with Crippen molar-refractivity contribution < 1.29 is 19.5 Å². The Morgan fingerprint density at radius 2 is 2.15 bits per heavy atom. The Hall–Kier alpha value is -2.21. The number of carbonyl (C=O) groups excluding carboxylic acids is 1. The second-order valence-corrected chi connectivity index (χ2v) is 5.95. The van der Waals surface area contributed by atoms with Gasteiger partial charge in [-0.1, -0.05) is 6.92 Å². The number of imidazole rings is 1. The molecule has 11 nitrogen and oxygen atoms in total. The van der Waals surface area contributed by atoms with Crippen LogP contribution in [0.1, 0.15) is 27.2 Å². The largest absolute Gasteiger partial charge is 0.463 e. The number of nitrogens with zero attached hydrogens (tertiary/aromatic N) is 3. The van der Waals surface area contributed by atoms with Gasteiger partial charge in [0.15, 0.2) is 11.2 Å². The van der Waals surface area contributed by atoms with Crippen molar-refractivity contribution in [3.05, 3.63) is 16.7 Å². The topological polar surface area (TPSA) is 157 Å². The number of hydroxylamine groups is 1. The van der Waals surface area contributed by atoms with Crippen LogP contribution >= 0.6 is 12.4 Å². The van der Waals surface area contributed by atoms with Crippen LogP contribution in [0.2, 0.25) is 0 Å². The molecule has 0 spiro atoms. The zero-order valence-electron chi connectivity index (χ0n) is 14.9. The van der Waals surface area contributed by atoms with Crippen LogP contribution in [0.4, 0.5) is 5.95 Å². The third kappa shape index (κ3) is 3.51. The van der Waals surface area contributed by atoms with Crippen LogP contribution in [0.5, 0.6) is 0 Å². The summed E-state index contributed by atoms with van der Waals surface area (Å²) in [5.41, 5.74) is 3.74. The maximum absolute atomic E-state index is 12.9. The first kappa shape index (κ1) is 21.8. The number of nitrogen functional groups attached to an aromatic ring is 1. The van der Waals surface area contributed by atoms with Gasteiger partial charge in [-0.2, -0.15) is 10.5 Å². The number of hydrogen-bond donors (Lipinski definition) is 4. The average molecular weight is 391 g/mol. The van der Waals surface area contributed by atoms with Crippen LogP contribution in [0, 0.1) is 0 Å². The van der Waals surface area contributed by atoms with Gasteiger partial charge in [0.1, 0.15) is 5.60 Å². The molecular weight excluding hydrogens is 368 g/mol. The Bertz CT molecular complexity index is 829. The number of anilines is 1. The van der Waals surface area contributed by atoms with Crippen molar-refractivity contribution in [2.45, 2.75) is 38.5 Å². The summed E-state index contributed by atoms with van der Waals surface area (Å²) in [7, 11) is 1.28. The van der Waals surface area contributed by atoms with Gasteiger partial charge in [-0.05, 0) is 20.3 Å². The van der Waals surface area contributed by atoms with E-state index in [-0.39, 0.29) is 36.1 Å². The fourth-order valence-corrected chi connectivity index (χ4v) is 2.48. The molecule has 2 aromatic rings. The summed E-state index contributed by atoms with van der Waals surface area (Å²) in [6.07, 6.45) is 1.76. The smallest absolute Gasteiger partial charge is 0.352 e. The highest BCUT2D eigenvalue weighted by Gasteiger charge is 2.55. The highest BCUT2D eigenvalue weighted by Crippen LogP contribution is 2.31. The maximum Gasteiger partial charge on any atom is 0.352 e. The van der Waals surface area contributed by atoms with Crippen molar-refractivity contribution in [3.63, 3.8) is 0 Å². The molecule has 0 aliphatic rings. The normalized spacial score (nSPS) is 13.9. The van der Waals surface area contributed by atoms with Gasteiger partial charge in [0.05, 0.1) is 20.0 Å². The number of fused-ring (bicyclic) bond motifs is 1. The minimum atomic E-state index is -1.96. The van der Waals surface area contributed by atoms with Crippen LogP contribution in [-0.2, 0) is 20.0 Å². The van der Waals surface area contributed by atoms with Gasteiger partial charge in [-0.3, -0.25) is 14.3 Å². The molecule has 1 atom stereocenters. The van der Waals surface area contributed by atoms with Crippen LogP contribution in [-0.4, -0.2) is 49.9 Å². The van der Waals surface area contributed by atoms with Gasteiger partial charge in [0.25, 0.3) is 5.56 Å². The highest BCUT2D eigenvalue weighted by atomic mass is 35.5. The third-order valence-corrected chi connectivity index (χ3v) is 3.65. The standard InChI is InChI=1S/C14H22N6O5.ClH/c1-5-6-25-11(22)14(19-24-4,13(2,3)23)20-7-16-8-9(20)17-12(15)18-10(8)21;/h7,19,23H,5-6H2,1-4H3,(H3,15,17,18,21);1H/t14-;/m0./s1. The Balaban J connectivity index is 0.00000338. The van der Waals surface area contributed by atoms with E-state index in [1.807, 2.05) is 6.92 Å². The summed E-state index contributed by atoms with van der Waals surface area (Å²) in [4.78, 5) is 40.1. The van der Waals surface area contributed by atoms with E-state index >= 15 is 0 Å². The molecular formula is C14H23ClN6O5. The van der Waals surface area contributed by atoms with Crippen molar-refractivity contribution >= 4 is 35.5 Å². The molecule has 0 aliphatic carbocycles. The number of H-pyrrole nitrogens is 1. The lowest BCUT2D eigenvalue weighted by molar-refractivity contribution is -0.192. The molecule has 0 saturated carbocycles. The minimum absolute atomic E-state index is 0. The molecule has 0 fully saturated rings. The van der Waals surface area contributed by atoms with Crippen molar-refractivity contribution in [3.8, 4) is 0 Å². The van der Waals surface area contributed by atoms with E-state index in [0.717, 1.165) is 0 Å². The number of aromatic nitrogens is 4. The van der Waals surface area contributed by atoms with Gasteiger partial charge in [0, 0.05) is 0 Å². The summed E-state index contributed by atoms with van der Waals surface area (Å²) >= 11 is 0. The molecule has 0 saturated heterocycles. The van der Waals surface area contributed by atoms with E-state index in [1.54, 1.807) is 0 Å². The highest BCUT2D eigenvalue weighted by molar-refractivity contribution is 5.85. The molecule has 0 radical (unpaired) electrons. The van der Waals surface area contributed by atoms with E-state index in [2.05, 4.69) is 20.4 Å². The maximum atomic E-state index is 12.9. The molecule has 0 bridgehead atoms. The number of rotatable bonds is 7. The SMILES string of the molecule is CCCOC(=O)[C@](NOC)(n1cnc2c(=O)[nH]c(N)nc21)C(C)(C)O.Cl. The van der Waals surface area contributed by atoms with E-state index in [9.17, 15) is 14.7 Å². The number of ether oxygens (including phenoxy) is 1. The lowest BCUT2D eigenvalue weighted by atomic mass is 9.91. The summed E-state index contributed by atoms with van der Waals surface area (Å²) in [6, 6.07) is 0. The van der Waals surface area contributed by atoms with Crippen LogP contribution < -0.4 is 16.8 Å². The first-order valence-corrected chi connectivity index (χ1v) is 7.62. The number of nitrogens with one attached hydrogen (secondary N) is 2. The van der Waals surface area contributed by atoms with Gasteiger partial charge >= 0.3 is 5.97 Å². The van der Waals surface area contributed by atoms with Crippen LogP contribution in [0.15, 0.2) is 11.1 Å². The number of aliphatic hydroxyl groups is 1. The third-order valence-electron chi connectivity index (χ3n) is 3.65. The van der Waals surface area contributed by atoms with Gasteiger partial charge in [-0.25, -0.2) is 9.78 Å². The first-order chi connectivity index (χ1) is 11.7. The average Bonchev–Trinajstić information content (AvgIpc) is 2.93. The lowest BCUT2D eigenvalue weighted by Gasteiger charge is -2.41. The number of halogens is 1. The van der Waals surface area contributed by atoms with Crippen molar-refractivity contribution in [1.82, 2.24) is 25.0 Å². The van der Waals surface area contributed by atoms with Crippen LogP contribution in [0.3, 0.4) is 0 Å². The van der Waals surface area contributed by atoms with Gasteiger partial charge < -0.3 is 20.4 Å². The van der Waals surface area contributed by atoms with Crippen molar-refractivity contribution in [1.29, 1.82) is 0 Å². The minimum Gasteiger partial charge on any atom is -0.463 e. The Morgan fingerprint density at radius 1 is 1.50 bits per heavy atom. The summed E-state index contributed by atoms with van der Waals surface area (Å²) in [6.45, 7) is 4.73. The van der Waals surface area contributed by atoms with Gasteiger partial charge in [-0.15, -0.1) is 12.4 Å². The fourth-order valence-electron chi connectivity index (χ4n) is 2.48. The number of hydrogen-bond acceptors (Lipinski definition) is 9. The predicted molar refractivity (Wildman–Crippen MR) is 95.5 cm³/mol. The molecule has 12 heteroatoms. The second kappa shape index (κ2) is 7.99. The first-order valence-electron chi connectivity index (χ1n) is 7.62. The number of aromatic amines is 1. The summed E-state index contributed by atoms with van der Waals surface area (Å²) in [5.74, 6) is -0.994. The van der Waals surface area contributed by atoms with E-state index in [0.29, 0.717) is 6.42 Å². The van der Waals surface area contributed by atoms with E-state index in [4.69, 9.17) is 15.3 Å². The Labute approximate surface area is 155 Å². The van der Waals surface area contributed by atoms with Crippen molar-refractivity contribution in [2.24, 2.45) is 0 Å². The molecule has 0 aliphatic heterocycles. The molecule has 146 valence electrons. The van der Waals surface area contributed by atoms with Crippen LogP contribution in [0.25, 0.3) is 11.2 Å². The lowest BCUT2D eigenvalue weighted by Crippen LogP contribution is -2.66. The molecule has 5 N–H and O–H groups in total. The molecule has 2 heterocycles. The zero-order chi connectivity index (χ0) is 18.8. The molecule has 26 heavy (non-hydrogen) atoms. The fraction of sp³-hybridized carbons (Fsp3) is 0.571. The quantitative estimate of drug-likeness (QED) is 0.366. The monoisotopic (exact) mass is 390 g/mol. The molecule has 0 unspecified atom stereocenters. The number of nitrogens with two attached hydrogens (primary N) is 1. The second-order valence-electron chi connectivity index (χ2n) is 5.95.